The average Bonchev–Trinajstić information content (AvgIpc) is 3.44. The van der Waals surface area contributed by atoms with Crippen LogP contribution in [0.1, 0.15) is 361 Å². The molecule has 6 heteroatoms. The molecule has 6 nitrogen and oxygen atoms in total. The summed E-state index contributed by atoms with van der Waals surface area (Å²) in [6.07, 6.45) is 85.6. The van der Waals surface area contributed by atoms with E-state index in [1.54, 1.807) is 0 Å². The van der Waals surface area contributed by atoms with Gasteiger partial charge in [0.25, 0.3) is 0 Å². The summed E-state index contributed by atoms with van der Waals surface area (Å²) in [5, 5.41) is 0. The molecule has 1 unspecified atom stereocenters. The van der Waals surface area contributed by atoms with Gasteiger partial charge in [0.05, 0.1) is 0 Å². The van der Waals surface area contributed by atoms with E-state index in [2.05, 4.69) is 81.5 Å². The van der Waals surface area contributed by atoms with E-state index in [9.17, 15) is 14.4 Å². The molecule has 0 bridgehead atoms. The minimum absolute atomic E-state index is 0.0790. The molecule has 454 valence electrons. The highest BCUT2D eigenvalue weighted by Crippen LogP contribution is 2.18. The van der Waals surface area contributed by atoms with Gasteiger partial charge in [0.15, 0.2) is 6.10 Å². The normalized spacial score (nSPS) is 12.4. The fraction of sp³-hybridized carbons (Fsp3) is 0.819. The van der Waals surface area contributed by atoms with Crippen LogP contribution in [0.4, 0.5) is 0 Å². The highest BCUT2D eigenvalue weighted by atomic mass is 16.6. The second-order valence-corrected chi connectivity index (χ2v) is 23.1. The predicted molar refractivity (Wildman–Crippen MR) is 339 cm³/mol. The number of hydrogen-bond donors (Lipinski definition) is 0. The SMILES string of the molecule is CCC/C=C\C/C=C\CCCCCCCC(=O)OC(COC(=O)CCCCCCC/C=C\CCCCC)COC(=O)CCCCCCCCCCCCCCCCCCCCCCCCC/C=C\C/C=C\CCCCCCC. The first-order valence-corrected chi connectivity index (χ1v) is 34.3. The van der Waals surface area contributed by atoms with Crippen molar-refractivity contribution in [2.24, 2.45) is 0 Å². The first kappa shape index (κ1) is 75.1. The maximum absolute atomic E-state index is 12.8. The average molecular weight is 1090 g/mol. The fourth-order valence-corrected chi connectivity index (χ4v) is 10.0. The van der Waals surface area contributed by atoms with Gasteiger partial charge in [-0.2, -0.15) is 0 Å². The lowest BCUT2D eigenvalue weighted by atomic mass is 10.0. The third-order valence-corrected chi connectivity index (χ3v) is 15.2. The van der Waals surface area contributed by atoms with Gasteiger partial charge < -0.3 is 14.2 Å². The van der Waals surface area contributed by atoms with E-state index in [1.165, 1.54) is 218 Å². The number of rotatable bonds is 63. The van der Waals surface area contributed by atoms with Crippen molar-refractivity contribution in [3.63, 3.8) is 0 Å². The number of carbonyl (C=O) groups excluding carboxylic acids is 3. The third kappa shape index (κ3) is 63.9. The lowest BCUT2D eigenvalue weighted by Gasteiger charge is -2.18. The van der Waals surface area contributed by atoms with Gasteiger partial charge in [-0.1, -0.05) is 300 Å². The van der Waals surface area contributed by atoms with Gasteiger partial charge in [-0.05, 0) is 103 Å². The van der Waals surface area contributed by atoms with Crippen LogP contribution in [0.3, 0.4) is 0 Å². The molecule has 0 aromatic rings. The molecule has 0 spiro atoms. The Balaban J connectivity index is 4.02. The Bertz CT molecular complexity index is 1390. The number of esters is 3. The first-order valence-electron chi connectivity index (χ1n) is 34.3. The summed E-state index contributed by atoms with van der Waals surface area (Å²) in [7, 11) is 0. The molecule has 0 rings (SSSR count). The van der Waals surface area contributed by atoms with Crippen LogP contribution in [0.2, 0.25) is 0 Å². The van der Waals surface area contributed by atoms with E-state index in [0.717, 1.165) is 103 Å². The molecule has 0 fully saturated rings. The molecule has 0 amide bonds. The fourth-order valence-electron chi connectivity index (χ4n) is 10.0. The molecule has 0 radical (unpaired) electrons. The van der Waals surface area contributed by atoms with Gasteiger partial charge in [0, 0.05) is 19.3 Å². The molecule has 1 atom stereocenters. The van der Waals surface area contributed by atoms with Crippen LogP contribution in [0.5, 0.6) is 0 Å². The predicted octanol–water partition coefficient (Wildman–Crippen LogP) is 23.5. The van der Waals surface area contributed by atoms with Crippen molar-refractivity contribution in [1.82, 2.24) is 0 Å². The van der Waals surface area contributed by atoms with Crippen LogP contribution in [-0.2, 0) is 28.6 Å². The number of unbranched alkanes of at least 4 members (excludes halogenated alkanes) is 42. The number of allylic oxidation sites excluding steroid dienone is 10. The Hall–Kier alpha value is -2.89. The van der Waals surface area contributed by atoms with Gasteiger partial charge >= 0.3 is 17.9 Å². The zero-order chi connectivity index (χ0) is 56.4. The van der Waals surface area contributed by atoms with Crippen LogP contribution in [-0.4, -0.2) is 37.2 Å². The molecule has 78 heavy (non-hydrogen) atoms. The summed E-state index contributed by atoms with van der Waals surface area (Å²) in [6.45, 7) is 6.56. The van der Waals surface area contributed by atoms with Crippen molar-refractivity contribution in [1.29, 1.82) is 0 Å². The van der Waals surface area contributed by atoms with Crippen molar-refractivity contribution in [2.45, 2.75) is 367 Å². The summed E-state index contributed by atoms with van der Waals surface area (Å²) in [4.78, 5) is 38.2. The van der Waals surface area contributed by atoms with Crippen molar-refractivity contribution >= 4 is 17.9 Å². The quantitative estimate of drug-likeness (QED) is 0.0261. The van der Waals surface area contributed by atoms with Crippen molar-refractivity contribution in [3.05, 3.63) is 60.8 Å². The van der Waals surface area contributed by atoms with Gasteiger partial charge in [-0.25, -0.2) is 0 Å². The standard InChI is InChI=1S/C72H130O6/c1-4-7-10-13-16-19-22-25-26-27-28-29-30-31-32-33-34-35-36-37-38-39-40-41-42-43-44-45-46-48-50-53-56-59-62-65-71(74)77-68-69(67-76-70(73)64-61-58-55-52-49-24-21-18-15-12-9-6-3)78-72(75)66-63-60-57-54-51-47-23-20-17-14-11-8-5-2/h11,14,18,20-23,25,27-28,69H,4-10,12-13,15-17,19,24,26,29-68H2,1-3H3/b14-11-,21-18-,23-20-,25-22-,28-27-. The summed E-state index contributed by atoms with van der Waals surface area (Å²) >= 11 is 0. The molecule has 0 aromatic heterocycles. The molecule has 0 aliphatic carbocycles. The van der Waals surface area contributed by atoms with E-state index in [4.69, 9.17) is 14.2 Å². The largest absolute Gasteiger partial charge is 0.462 e. The van der Waals surface area contributed by atoms with Crippen LogP contribution in [0, 0.1) is 0 Å². The minimum Gasteiger partial charge on any atom is -0.462 e. The zero-order valence-electron chi connectivity index (χ0n) is 52.2. The molecular formula is C72H130O6. The summed E-state index contributed by atoms with van der Waals surface area (Å²) < 4.78 is 16.9. The van der Waals surface area contributed by atoms with E-state index < -0.39 is 6.10 Å². The minimum atomic E-state index is -0.783. The molecule has 0 N–H and O–H groups in total. The lowest BCUT2D eigenvalue weighted by Crippen LogP contribution is -2.30. The number of hydrogen-bond acceptors (Lipinski definition) is 6. The first-order chi connectivity index (χ1) is 38.5. The van der Waals surface area contributed by atoms with E-state index >= 15 is 0 Å². The molecule has 0 aliphatic rings. The van der Waals surface area contributed by atoms with Crippen LogP contribution < -0.4 is 0 Å². The Morgan fingerprint density at radius 1 is 0.256 bits per heavy atom. The third-order valence-electron chi connectivity index (χ3n) is 15.2. The molecule has 0 aromatic carbocycles. The van der Waals surface area contributed by atoms with E-state index in [1.807, 2.05) is 0 Å². The van der Waals surface area contributed by atoms with Crippen LogP contribution in [0.15, 0.2) is 60.8 Å². The molecule has 0 aliphatic heterocycles. The second kappa shape index (κ2) is 66.6. The molecular weight excluding hydrogens is 961 g/mol. The van der Waals surface area contributed by atoms with Gasteiger partial charge in [-0.3, -0.25) is 14.4 Å². The highest BCUT2D eigenvalue weighted by molar-refractivity contribution is 5.71. The molecule has 0 saturated carbocycles. The maximum atomic E-state index is 12.8. The van der Waals surface area contributed by atoms with E-state index in [-0.39, 0.29) is 31.1 Å². The summed E-state index contributed by atoms with van der Waals surface area (Å²) in [5.74, 6) is -0.887. The lowest BCUT2D eigenvalue weighted by molar-refractivity contribution is -0.167. The second-order valence-electron chi connectivity index (χ2n) is 23.1. The van der Waals surface area contributed by atoms with Gasteiger partial charge in [0.2, 0.25) is 0 Å². The number of ether oxygens (including phenoxy) is 3. The monoisotopic (exact) mass is 1090 g/mol. The van der Waals surface area contributed by atoms with Crippen LogP contribution >= 0.6 is 0 Å². The van der Waals surface area contributed by atoms with Crippen molar-refractivity contribution in [3.8, 4) is 0 Å². The van der Waals surface area contributed by atoms with Crippen molar-refractivity contribution in [2.75, 3.05) is 13.2 Å². The summed E-state index contributed by atoms with van der Waals surface area (Å²) in [5.41, 5.74) is 0. The van der Waals surface area contributed by atoms with Crippen molar-refractivity contribution < 1.29 is 28.6 Å². The van der Waals surface area contributed by atoms with Gasteiger partial charge in [0.1, 0.15) is 13.2 Å². The summed E-state index contributed by atoms with van der Waals surface area (Å²) in [6, 6.07) is 0. The Kier molecular flexibility index (Phi) is 64.2. The van der Waals surface area contributed by atoms with E-state index in [0.29, 0.717) is 19.3 Å². The number of carbonyl (C=O) groups is 3. The highest BCUT2D eigenvalue weighted by Gasteiger charge is 2.19. The Labute approximate surface area is 485 Å². The molecule has 0 saturated heterocycles. The smallest absolute Gasteiger partial charge is 0.306 e. The van der Waals surface area contributed by atoms with Gasteiger partial charge in [-0.15, -0.1) is 0 Å². The Morgan fingerprint density at radius 3 is 0.795 bits per heavy atom. The van der Waals surface area contributed by atoms with Crippen LogP contribution in [0.25, 0.3) is 0 Å². The zero-order valence-corrected chi connectivity index (χ0v) is 52.2. The Morgan fingerprint density at radius 2 is 0.487 bits per heavy atom. The maximum Gasteiger partial charge on any atom is 0.306 e. The molecule has 0 heterocycles. The topological polar surface area (TPSA) is 78.9 Å².